The Morgan fingerprint density at radius 2 is 1.79 bits per heavy atom. The summed E-state index contributed by atoms with van der Waals surface area (Å²) < 4.78 is 40.7. The molecule has 0 aromatic heterocycles. The quantitative estimate of drug-likeness (QED) is 0.343. The van der Waals surface area contributed by atoms with Crippen LogP contribution in [0.1, 0.15) is 35.7 Å². The second kappa shape index (κ2) is 6.40. The number of carbonyl (C=O) groups is 1. The lowest BCUT2D eigenvalue weighted by Gasteiger charge is -2.24. The molecule has 2 rings (SSSR count). The van der Waals surface area contributed by atoms with Crippen molar-refractivity contribution in [2.75, 3.05) is 10.7 Å². The van der Waals surface area contributed by atoms with E-state index in [1.54, 1.807) is 13.8 Å². The van der Waals surface area contributed by atoms with Crippen molar-refractivity contribution < 1.29 is 23.1 Å². The number of benzene rings is 2. The maximum atomic E-state index is 13.9. The first-order valence-electron chi connectivity index (χ1n) is 7.00. The summed E-state index contributed by atoms with van der Waals surface area (Å²) in [6.45, 7) is 3.45. The molecule has 0 atom stereocenters. The van der Waals surface area contributed by atoms with E-state index in [4.69, 9.17) is 11.6 Å². The lowest BCUT2D eigenvalue weighted by Crippen LogP contribution is -2.28. The third-order valence-corrected chi connectivity index (χ3v) is 3.56. The van der Waals surface area contributed by atoms with Gasteiger partial charge in [-0.1, -0.05) is 13.8 Å². The maximum Gasteiger partial charge on any atom is 0.336 e. The minimum absolute atomic E-state index is 0.00327. The van der Waals surface area contributed by atoms with Crippen LogP contribution in [0, 0.1) is 17.5 Å². The Bertz CT molecular complexity index is 810. The van der Waals surface area contributed by atoms with Crippen LogP contribution >= 0.6 is 0 Å². The van der Waals surface area contributed by atoms with E-state index in [-0.39, 0.29) is 22.9 Å². The molecule has 0 saturated heterocycles. The number of hydrogen-bond acceptors (Lipinski definition) is 4. The summed E-state index contributed by atoms with van der Waals surface area (Å²) in [7, 11) is 0. The van der Waals surface area contributed by atoms with E-state index < -0.39 is 29.1 Å². The maximum absolute atomic E-state index is 13.9. The van der Waals surface area contributed by atoms with Gasteiger partial charge in [-0.15, -0.1) is 0 Å². The zero-order valence-corrected chi connectivity index (χ0v) is 13.0. The minimum Gasteiger partial charge on any atom is -0.478 e. The average molecular weight is 339 g/mol. The normalized spacial score (nSPS) is 11.0. The Labute approximate surface area is 136 Å². The molecular formula is C16H16F3N3O2. The van der Waals surface area contributed by atoms with Crippen LogP contribution in [0.2, 0.25) is 0 Å². The number of hydrazine groups is 1. The smallest absolute Gasteiger partial charge is 0.336 e. The lowest BCUT2D eigenvalue weighted by molar-refractivity contribution is 0.0695. The first-order chi connectivity index (χ1) is 11.1. The standard InChI is InChI=1S/C16H16F3N3O2/c1-7(2)13-9(16(23)24)3-4-11(15(13)20)22(21)12-6-8(17)5-10(18)14(12)19/h3-7H,20-21H2,1-2H3,(H,23,24). The fraction of sp³-hybridized carbons (Fsp3) is 0.188. The summed E-state index contributed by atoms with van der Waals surface area (Å²) in [4.78, 5) is 11.3. The van der Waals surface area contributed by atoms with E-state index in [0.29, 0.717) is 16.6 Å². The van der Waals surface area contributed by atoms with E-state index in [9.17, 15) is 23.1 Å². The molecule has 0 unspecified atom stereocenters. The van der Waals surface area contributed by atoms with Gasteiger partial charge in [-0.2, -0.15) is 0 Å². The van der Waals surface area contributed by atoms with Crippen molar-refractivity contribution in [1.82, 2.24) is 0 Å². The number of nitrogens with zero attached hydrogens (tertiary/aromatic N) is 1. The molecule has 0 saturated carbocycles. The number of nitrogens with two attached hydrogens (primary N) is 2. The zero-order chi connectivity index (χ0) is 18.2. The van der Waals surface area contributed by atoms with Gasteiger partial charge in [-0.05, 0) is 23.6 Å². The third kappa shape index (κ3) is 3.00. The Kier molecular flexibility index (Phi) is 4.70. The van der Waals surface area contributed by atoms with E-state index in [1.807, 2.05) is 0 Å². The fourth-order valence-corrected chi connectivity index (χ4v) is 2.49. The molecule has 0 spiro atoms. The number of anilines is 3. The van der Waals surface area contributed by atoms with Gasteiger partial charge in [-0.3, -0.25) is 5.01 Å². The molecule has 0 aliphatic carbocycles. The van der Waals surface area contributed by atoms with Crippen LogP contribution < -0.4 is 16.6 Å². The van der Waals surface area contributed by atoms with Crippen LogP contribution in [0.5, 0.6) is 0 Å². The largest absolute Gasteiger partial charge is 0.478 e. The number of carboxylic acid groups (broad SMARTS) is 1. The molecule has 8 heteroatoms. The molecule has 0 radical (unpaired) electrons. The van der Waals surface area contributed by atoms with Gasteiger partial charge in [-0.25, -0.2) is 23.8 Å². The zero-order valence-electron chi connectivity index (χ0n) is 13.0. The van der Waals surface area contributed by atoms with Gasteiger partial charge in [0, 0.05) is 12.1 Å². The second-order valence-corrected chi connectivity index (χ2v) is 5.51. The van der Waals surface area contributed by atoms with Crippen LogP contribution in [0.25, 0.3) is 0 Å². The Morgan fingerprint density at radius 1 is 1.17 bits per heavy atom. The van der Waals surface area contributed by atoms with Crippen LogP contribution in [0.3, 0.4) is 0 Å². The van der Waals surface area contributed by atoms with E-state index in [2.05, 4.69) is 0 Å². The third-order valence-electron chi connectivity index (χ3n) is 3.56. The molecule has 5 N–H and O–H groups in total. The fourth-order valence-electron chi connectivity index (χ4n) is 2.49. The second-order valence-electron chi connectivity index (χ2n) is 5.51. The molecule has 5 nitrogen and oxygen atoms in total. The van der Waals surface area contributed by atoms with Crippen molar-refractivity contribution >= 4 is 23.0 Å². The molecule has 2 aromatic rings. The first kappa shape index (κ1) is 17.6. The van der Waals surface area contributed by atoms with Crippen molar-refractivity contribution in [3.05, 3.63) is 52.8 Å². The number of carboxylic acids is 1. The van der Waals surface area contributed by atoms with Crippen molar-refractivity contribution in [1.29, 1.82) is 0 Å². The van der Waals surface area contributed by atoms with E-state index >= 15 is 0 Å². The summed E-state index contributed by atoms with van der Waals surface area (Å²) in [5, 5.41) is 9.93. The highest BCUT2D eigenvalue weighted by Gasteiger charge is 2.23. The molecular weight excluding hydrogens is 323 g/mol. The van der Waals surface area contributed by atoms with Gasteiger partial charge in [0.15, 0.2) is 11.6 Å². The SMILES string of the molecule is CC(C)c1c(C(=O)O)ccc(N(N)c2cc(F)cc(F)c2F)c1N. The topological polar surface area (TPSA) is 92.6 Å². The lowest BCUT2D eigenvalue weighted by atomic mass is 9.94. The Morgan fingerprint density at radius 3 is 2.33 bits per heavy atom. The predicted molar refractivity (Wildman–Crippen MR) is 84.5 cm³/mol. The van der Waals surface area contributed by atoms with E-state index in [1.165, 1.54) is 12.1 Å². The summed E-state index contributed by atoms with van der Waals surface area (Å²) in [6.07, 6.45) is 0. The molecule has 0 heterocycles. The Balaban J connectivity index is 2.65. The van der Waals surface area contributed by atoms with Crippen molar-refractivity contribution in [3.8, 4) is 0 Å². The highest BCUT2D eigenvalue weighted by molar-refractivity contribution is 5.94. The van der Waals surface area contributed by atoms with E-state index in [0.717, 1.165) is 6.07 Å². The minimum atomic E-state index is -1.40. The molecule has 0 aliphatic rings. The molecule has 0 amide bonds. The number of nitrogen functional groups attached to an aromatic ring is 1. The molecule has 0 fully saturated rings. The van der Waals surface area contributed by atoms with Gasteiger partial charge in [0.25, 0.3) is 0 Å². The summed E-state index contributed by atoms with van der Waals surface area (Å²) in [6, 6.07) is 3.63. The van der Waals surface area contributed by atoms with Gasteiger partial charge >= 0.3 is 5.97 Å². The van der Waals surface area contributed by atoms with Crippen LogP contribution in [0.4, 0.5) is 30.2 Å². The number of halogens is 3. The van der Waals surface area contributed by atoms with Crippen molar-refractivity contribution in [2.45, 2.75) is 19.8 Å². The van der Waals surface area contributed by atoms with Crippen LogP contribution in [0.15, 0.2) is 24.3 Å². The molecule has 128 valence electrons. The van der Waals surface area contributed by atoms with Gasteiger partial charge in [0.1, 0.15) is 5.82 Å². The molecule has 2 aromatic carbocycles. The van der Waals surface area contributed by atoms with Gasteiger partial charge < -0.3 is 10.8 Å². The summed E-state index contributed by atoms with van der Waals surface area (Å²) >= 11 is 0. The molecule has 24 heavy (non-hydrogen) atoms. The monoisotopic (exact) mass is 339 g/mol. The van der Waals surface area contributed by atoms with Gasteiger partial charge in [0.2, 0.25) is 0 Å². The van der Waals surface area contributed by atoms with Crippen molar-refractivity contribution in [2.24, 2.45) is 5.84 Å². The summed E-state index contributed by atoms with van der Waals surface area (Å²) in [5.41, 5.74) is 5.74. The van der Waals surface area contributed by atoms with Crippen LogP contribution in [-0.4, -0.2) is 11.1 Å². The summed E-state index contributed by atoms with van der Waals surface area (Å²) in [5.74, 6) is 0.592. The number of rotatable bonds is 4. The number of hydrogen-bond donors (Lipinski definition) is 3. The van der Waals surface area contributed by atoms with Crippen LogP contribution in [-0.2, 0) is 0 Å². The Hall–Kier alpha value is -2.74. The highest BCUT2D eigenvalue weighted by Crippen LogP contribution is 2.37. The first-order valence-corrected chi connectivity index (χ1v) is 7.00. The number of aromatic carboxylic acids is 1. The average Bonchev–Trinajstić information content (AvgIpc) is 2.49. The highest BCUT2D eigenvalue weighted by atomic mass is 19.2. The van der Waals surface area contributed by atoms with Crippen molar-refractivity contribution in [3.63, 3.8) is 0 Å². The molecule has 0 bridgehead atoms. The van der Waals surface area contributed by atoms with Gasteiger partial charge in [0.05, 0.1) is 22.6 Å². The predicted octanol–water partition coefficient (Wildman–Crippen LogP) is 3.52. The molecule has 0 aliphatic heterocycles.